The van der Waals surface area contributed by atoms with Crippen LogP contribution < -0.4 is 10.6 Å². The Hall–Kier alpha value is -3.28. The van der Waals surface area contributed by atoms with Gasteiger partial charge in [-0.25, -0.2) is 14.4 Å². The highest BCUT2D eigenvalue weighted by molar-refractivity contribution is 6.02. The smallest absolute Gasteiger partial charge is 0.275 e. The highest BCUT2D eigenvalue weighted by Crippen LogP contribution is 2.25. The summed E-state index contributed by atoms with van der Waals surface area (Å²) in [5.74, 6) is 0.0397. The van der Waals surface area contributed by atoms with Crippen molar-refractivity contribution in [3.8, 4) is 0 Å². The lowest BCUT2D eigenvalue weighted by atomic mass is 10.0. The molecule has 6 heteroatoms. The Labute approximate surface area is 151 Å². The molecular weight excluding hydrogens is 331 g/mol. The van der Waals surface area contributed by atoms with Crippen molar-refractivity contribution in [3.05, 3.63) is 78.0 Å². The van der Waals surface area contributed by atoms with Crippen LogP contribution in [-0.2, 0) is 0 Å². The van der Waals surface area contributed by atoms with E-state index in [0.29, 0.717) is 17.4 Å². The maximum absolute atomic E-state index is 13.2. The number of rotatable bonds is 5. The predicted octanol–water partition coefficient (Wildman–Crippen LogP) is 4.74. The third kappa shape index (κ3) is 4.22. The number of halogens is 1. The van der Waals surface area contributed by atoms with Gasteiger partial charge >= 0.3 is 0 Å². The van der Waals surface area contributed by atoms with Gasteiger partial charge in [-0.2, -0.15) is 0 Å². The van der Waals surface area contributed by atoms with Crippen LogP contribution in [0.25, 0.3) is 0 Å². The summed E-state index contributed by atoms with van der Waals surface area (Å²) in [5.41, 5.74) is 2.64. The lowest BCUT2D eigenvalue weighted by Gasteiger charge is -2.13. The summed E-state index contributed by atoms with van der Waals surface area (Å²) in [6.07, 6.45) is 2.88. The fraction of sp³-hybridized carbons (Fsp3) is 0.150. The normalized spacial score (nSPS) is 10.6. The molecule has 1 amide bonds. The van der Waals surface area contributed by atoms with Crippen molar-refractivity contribution in [1.82, 2.24) is 9.97 Å². The number of anilines is 3. The number of para-hydroxylation sites is 1. The second-order valence-electron chi connectivity index (χ2n) is 6.12. The van der Waals surface area contributed by atoms with Gasteiger partial charge in [-0.1, -0.05) is 38.1 Å². The van der Waals surface area contributed by atoms with E-state index < -0.39 is 11.7 Å². The molecule has 1 aromatic heterocycles. The number of hydrogen-bond donors (Lipinski definition) is 2. The number of amides is 1. The molecule has 0 fully saturated rings. The van der Waals surface area contributed by atoms with Crippen LogP contribution in [0.15, 0.2) is 60.9 Å². The predicted molar refractivity (Wildman–Crippen MR) is 100 cm³/mol. The average Bonchev–Trinajstić information content (AvgIpc) is 2.62. The zero-order valence-electron chi connectivity index (χ0n) is 14.5. The highest BCUT2D eigenvalue weighted by atomic mass is 19.1. The van der Waals surface area contributed by atoms with E-state index in [-0.39, 0.29) is 5.69 Å². The van der Waals surface area contributed by atoms with Crippen molar-refractivity contribution in [2.75, 3.05) is 10.6 Å². The Morgan fingerprint density at radius 1 is 1.04 bits per heavy atom. The molecule has 1 heterocycles. The van der Waals surface area contributed by atoms with Crippen LogP contribution in [0.1, 0.15) is 35.8 Å². The molecule has 0 bridgehead atoms. The summed E-state index contributed by atoms with van der Waals surface area (Å²) in [6, 6.07) is 13.6. The van der Waals surface area contributed by atoms with Crippen molar-refractivity contribution in [2.24, 2.45) is 0 Å². The Morgan fingerprint density at radius 2 is 1.85 bits per heavy atom. The molecule has 0 aliphatic rings. The number of hydrogen-bond acceptors (Lipinski definition) is 4. The summed E-state index contributed by atoms with van der Waals surface area (Å²) in [4.78, 5) is 20.6. The molecule has 2 N–H and O–H groups in total. The molecular formula is C20H19FN4O. The highest BCUT2D eigenvalue weighted by Gasteiger charge is 2.10. The van der Waals surface area contributed by atoms with Crippen LogP contribution in [-0.4, -0.2) is 15.9 Å². The lowest BCUT2D eigenvalue weighted by Crippen LogP contribution is -2.14. The maximum atomic E-state index is 13.2. The van der Waals surface area contributed by atoms with E-state index in [1.807, 2.05) is 18.2 Å². The molecule has 26 heavy (non-hydrogen) atoms. The van der Waals surface area contributed by atoms with E-state index in [9.17, 15) is 9.18 Å². The van der Waals surface area contributed by atoms with Gasteiger partial charge in [0.05, 0.1) is 12.4 Å². The Bertz CT molecular complexity index is 910. The first-order valence-corrected chi connectivity index (χ1v) is 8.28. The van der Waals surface area contributed by atoms with Crippen LogP contribution in [0.2, 0.25) is 0 Å². The van der Waals surface area contributed by atoms with Gasteiger partial charge in [0.25, 0.3) is 5.91 Å². The fourth-order valence-electron chi connectivity index (χ4n) is 2.52. The van der Waals surface area contributed by atoms with Crippen molar-refractivity contribution >= 4 is 23.1 Å². The largest absolute Gasteiger partial charge is 0.339 e. The molecule has 132 valence electrons. The van der Waals surface area contributed by atoms with Gasteiger partial charge in [0, 0.05) is 11.4 Å². The Morgan fingerprint density at radius 3 is 2.54 bits per heavy atom. The summed E-state index contributed by atoms with van der Waals surface area (Å²) in [6.45, 7) is 4.23. The van der Waals surface area contributed by atoms with E-state index in [0.717, 1.165) is 5.69 Å². The number of aromatic nitrogens is 2. The first kappa shape index (κ1) is 17.5. The molecule has 0 saturated heterocycles. The van der Waals surface area contributed by atoms with Gasteiger partial charge in [0.15, 0.2) is 0 Å². The molecule has 2 aromatic carbocycles. The number of nitrogens with zero attached hydrogens (tertiary/aromatic N) is 2. The molecule has 0 aliphatic heterocycles. The SMILES string of the molecule is CC(C)c1ccccc1Nc1cnc(C(=O)Nc2cccc(F)c2)cn1. The third-order valence-corrected chi connectivity index (χ3v) is 3.81. The van der Waals surface area contributed by atoms with Crippen LogP contribution in [0.4, 0.5) is 21.6 Å². The van der Waals surface area contributed by atoms with Crippen LogP contribution in [0.3, 0.4) is 0 Å². The molecule has 0 radical (unpaired) electrons. The van der Waals surface area contributed by atoms with E-state index in [1.54, 1.807) is 6.07 Å². The Kier molecular flexibility index (Phi) is 5.22. The zero-order chi connectivity index (χ0) is 18.5. The molecule has 3 rings (SSSR count). The minimum absolute atomic E-state index is 0.150. The molecule has 0 spiro atoms. The second-order valence-corrected chi connectivity index (χ2v) is 6.12. The first-order valence-electron chi connectivity index (χ1n) is 8.28. The van der Waals surface area contributed by atoms with Crippen molar-refractivity contribution in [1.29, 1.82) is 0 Å². The fourth-order valence-corrected chi connectivity index (χ4v) is 2.52. The minimum Gasteiger partial charge on any atom is -0.339 e. The van der Waals surface area contributed by atoms with Crippen LogP contribution >= 0.6 is 0 Å². The third-order valence-electron chi connectivity index (χ3n) is 3.81. The Balaban J connectivity index is 1.71. The molecule has 5 nitrogen and oxygen atoms in total. The number of benzene rings is 2. The summed E-state index contributed by atoms with van der Waals surface area (Å²) < 4.78 is 13.2. The molecule has 3 aromatic rings. The van der Waals surface area contributed by atoms with Gasteiger partial charge in [0.1, 0.15) is 17.3 Å². The second kappa shape index (κ2) is 7.74. The standard InChI is InChI=1S/C20H19FN4O/c1-13(2)16-8-3-4-9-17(16)25-19-12-22-18(11-23-19)20(26)24-15-7-5-6-14(21)10-15/h3-13H,1-2H3,(H,23,25)(H,24,26). The van der Waals surface area contributed by atoms with Gasteiger partial charge < -0.3 is 10.6 Å². The number of carbonyl (C=O) groups is 1. The van der Waals surface area contributed by atoms with Gasteiger partial charge in [-0.3, -0.25) is 4.79 Å². The van der Waals surface area contributed by atoms with Crippen molar-refractivity contribution < 1.29 is 9.18 Å². The molecule has 0 unspecified atom stereocenters. The summed E-state index contributed by atoms with van der Waals surface area (Å²) in [7, 11) is 0. The monoisotopic (exact) mass is 350 g/mol. The van der Waals surface area contributed by atoms with E-state index in [4.69, 9.17) is 0 Å². The quantitative estimate of drug-likeness (QED) is 0.698. The minimum atomic E-state index is -0.447. The topological polar surface area (TPSA) is 66.9 Å². The van der Waals surface area contributed by atoms with E-state index in [2.05, 4.69) is 40.5 Å². The van der Waals surface area contributed by atoms with E-state index >= 15 is 0 Å². The van der Waals surface area contributed by atoms with Crippen molar-refractivity contribution in [3.63, 3.8) is 0 Å². The maximum Gasteiger partial charge on any atom is 0.275 e. The number of carbonyl (C=O) groups excluding carboxylic acids is 1. The molecule has 0 saturated carbocycles. The van der Waals surface area contributed by atoms with Crippen molar-refractivity contribution in [2.45, 2.75) is 19.8 Å². The molecule has 0 aliphatic carbocycles. The van der Waals surface area contributed by atoms with Crippen LogP contribution in [0, 0.1) is 5.82 Å². The van der Waals surface area contributed by atoms with Gasteiger partial charge in [-0.15, -0.1) is 0 Å². The summed E-state index contributed by atoms with van der Waals surface area (Å²) >= 11 is 0. The zero-order valence-corrected chi connectivity index (χ0v) is 14.5. The summed E-state index contributed by atoms with van der Waals surface area (Å²) in [5, 5.41) is 5.81. The average molecular weight is 350 g/mol. The molecule has 0 atom stereocenters. The van der Waals surface area contributed by atoms with Gasteiger partial charge in [-0.05, 0) is 35.7 Å². The van der Waals surface area contributed by atoms with Gasteiger partial charge in [0.2, 0.25) is 0 Å². The first-order chi connectivity index (χ1) is 12.5. The number of nitrogens with one attached hydrogen (secondary N) is 2. The van der Waals surface area contributed by atoms with Crippen LogP contribution in [0.5, 0.6) is 0 Å². The lowest BCUT2D eigenvalue weighted by molar-refractivity contribution is 0.102. The van der Waals surface area contributed by atoms with E-state index in [1.165, 1.54) is 36.2 Å².